The molecule has 0 radical (unpaired) electrons. The molecular formula is C19H33NO2S. The van der Waals surface area contributed by atoms with Gasteiger partial charge in [0.25, 0.3) is 0 Å². The Kier molecular flexibility index (Phi) is 11.0. The van der Waals surface area contributed by atoms with E-state index in [0.29, 0.717) is 13.0 Å². The monoisotopic (exact) mass is 339 g/mol. The maximum absolute atomic E-state index is 12.0. The summed E-state index contributed by atoms with van der Waals surface area (Å²) in [6.07, 6.45) is 12.1. The van der Waals surface area contributed by atoms with Crippen LogP contribution >= 0.6 is 0 Å². The van der Waals surface area contributed by atoms with Crippen molar-refractivity contribution in [2.45, 2.75) is 77.7 Å². The van der Waals surface area contributed by atoms with Crippen LogP contribution in [0.1, 0.15) is 76.7 Å². The minimum Gasteiger partial charge on any atom is -0.302 e. The van der Waals surface area contributed by atoms with Crippen LogP contribution in [0.25, 0.3) is 0 Å². The van der Waals surface area contributed by atoms with Crippen LogP contribution in [0.4, 0.5) is 0 Å². The quantitative estimate of drug-likeness (QED) is 0.385. The highest BCUT2D eigenvalue weighted by atomic mass is 32.2. The Balaban J connectivity index is 2.07. The van der Waals surface area contributed by atoms with Gasteiger partial charge in [-0.25, -0.2) is 8.93 Å². The van der Waals surface area contributed by atoms with E-state index >= 15 is 0 Å². The number of hydrogen-bond donors (Lipinski definition) is 2. The first-order valence-electron chi connectivity index (χ1n) is 9.02. The van der Waals surface area contributed by atoms with Crippen molar-refractivity contribution in [2.75, 3.05) is 0 Å². The van der Waals surface area contributed by atoms with Gasteiger partial charge in [-0.3, -0.25) is 0 Å². The number of hydrogen-bond acceptors (Lipinski definition) is 1. The highest BCUT2D eigenvalue weighted by Gasteiger charge is 2.01. The first-order chi connectivity index (χ1) is 11.1. The molecular weight excluding hydrogens is 306 g/mol. The molecule has 3 nitrogen and oxygen atoms in total. The van der Waals surface area contributed by atoms with E-state index in [1.165, 1.54) is 50.3 Å². The SMILES string of the molecule is CCCCCCCCCCCC=S(=O)(O)NCc1ccccc1. The lowest BCUT2D eigenvalue weighted by atomic mass is 10.1. The van der Waals surface area contributed by atoms with Crippen molar-refractivity contribution < 1.29 is 8.76 Å². The Morgan fingerprint density at radius 2 is 1.52 bits per heavy atom. The van der Waals surface area contributed by atoms with Gasteiger partial charge in [-0.15, -0.1) is 0 Å². The molecule has 0 aromatic heterocycles. The molecule has 4 heteroatoms. The van der Waals surface area contributed by atoms with Gasteiger partial charge in [-0.05, 0) is 18.4 Å². The van der Waals surface area contributed by atoms with Gasteiger partial charge >= 0.3 is 0 Å². The van der Waals surface area contributed by atoms with Crippen molar-refractivity contribution in [2.24, 2.45) is 0 Å². The molecule has 0 fully saturated rings. The van der Waals surface area contributed by atoms with Crippen LogP contribution < -0.4 is 4.72 Å². The Morgan fingerprint density at radius 1 is 0.957 bits per heavy atom. The first-order valence-corrected chi connectivity index (χ1v) is 10.6. The third-order valence-corrected chi connectivity index (χ3v) is 5.22. The van der Waals surface area contributed by atoms with Crippen LogP contribution in [0.2, 0.25) is 0 Å². The lowest BCUT2D eigenvalue weighted by molar-refractivity contribution is 0.542. The van der Waals surface area contributed by atoms with Gasteiger partial charge in [0.15, 0.2) is 0 Å². The molecule has 0 aliphatic carbocycles. The van der Waals surface area contributed by atoms with E-state index in [2.05, 4.69) is 11.6 Å². The average molecular weight is 340 g/mol. The summed E-state index contributed by atoms with van der Waals surface area (Å²) in [6.45, 7) is 2.66. The molecule has 2 N–H and O–H groups in total. The highest BCUT2D eigenvalue weighted by Crippen LogP contribution is 2.10. The maximum atomic E-state index is 12.0. The fourth-order valence-electron chi connectivity index (χ4n) is 2.54. The number of benzene rings is 1. The van der Waals surface area contributed by atoms with Gasteiger partial charge in [0.05, 0.1) is 0 Å². The van der Waals surface area contributed by atoms with Crippen molar-refractivity contribution in [3.05, 3.63) is 35.9 Å². The molecule has 23 heavy (non-hydrogen) atoms. The molecule has 1 atom stereocenters. The summed E-state index contributed by atoms with van der Waals surface area (Å²) >= 11 is 0. The van der Waals surface area contributed by atoms with Crippen molar-refractivity contribution in [1.29, 1.82) is 0 Å². The number of nitrogens with one attached hydrogen (secondary N) is 1. The summed E-state index contributed by atoms with van der Waals surface area (Å²) in [5.41, 5.74) is 1.02. The lowest BCUT2D eigenvalue weighted by Crippen LogP contribution is -2.24. The van der Waals surface area contributed by atoms with E-state index < -0.39 is 9.99 Å². The van der Waals surface area contributed by atoms with Gasteiger partial charge in [0.2, 0.25) is 0 Å². The lowest BCUT2D eigenvalue weighted by Gasteiger charge is -2.07. The molecule has 0 saturated heterocycles. The predicted molar refractivity (Wildman–Crippen MR) is 102 cm³/mol. The fourth-order valence-corrected chi connectivity index (χ4v) is 3.52. The summed E-state index contributed by atoms with van der Waals surface area (Å²) in [6, 6.07) is 9.70. The second-order valence-electron chi connectivity index (χ2n) is 6.16. The van der Waals surface area contributed by atoms with E-state index in [0.717, 1.165) is 18.4 Å². The summed E-state index contributed by atoms with van der Waals surface area (Å²) in [7, 11) is -3.01. The first kappa shape index (κ1) is 20.2. The van der Waals surface area contributed by atoms with Crippen molar-refractivity contribution in [1.82, 2.24) is 4.72 Å². The zero-order valence-corrected chi connectivity index (χ0v) is 15.3. The van der Waals surface area contributed by atoms with E-state index in [1.807, 2.05) is 30.3 Å². The van der Waals surface area contributed by atoms with Crippen LogP contribution in [0, 0.1) is 0 Å². The zero-order valence-electron chi connectivity index (χ0n) is 14.5. The molecule has 0 aliphatic rings. The second-order valence-corrected chi connectivity index (χ2v) is 7.92. The summed E-state index contributed by atoms with van der Waals surface area (Å²) in [5.74, 6) is 0. The normalized spacial score (nSPS) is 13.7. The number of rotatable bonds is 13. The molecule has 0 saturated carbocycles. The van der Waals surface area contributed by atoms with Crippen LogP contribution in [-0.4, -0.2) is 14.1 Å². The second kappa shape index (κ2) is 12.6. The molecule has 132 valence electrons. The standard InChI is InChI=1S/C19H33NO2S/c1-2-3-4-5-6-7-8-9-10-14-17-23(21,22)20-18-19-15-12-11-13-16-19/h11-13,15-17H,2-10,14,18H2,1H3,(H2,20,21,22). The van der Waals surface area contributed by atoms with Crippen molar-refractivity contribution in [3.63, 3.8) is 0 Å². The van der Waals surface area contributed by atoms with E-state index in [-0.39, 0.29) is 0 Å². The van der Waals surface area contributed by atoms with Gasteiger partial charge in [-0.2, -0.15) is 0 Å². The maximum Gasteiger partial charge on any atom is 0.141 e. The Bertz CT molecular complexity index is 507. The van der Waals surface area contributed by atoms with Gasteiger partial charge < -0.3 is 4.55 Å². The average Bonchev–Trinajstić information content (AvgIpc) is 2.56. The van der Waals surface area contributed by atoms with Crippen LogP contribution in [0.5, 0.6) is 0 Å². The number of unbranched alkanes of at least 4 members (excludes halogenated alkanes) is 9. The van der Waals surface area contributed by atoms with Gasteiger partial charge in [0, 0.05) is 11.9 Å². The third-order valence-electron chi connectivity index (χ3n) is 3.98. The minimum atomic E-state index is -3.01. The van der Waals surface area contributed by atoms with Crippen molar-refractivity contribution >= 4 is 15.4 Å². The zero-order chi connectivity index (χ0) is 16.8. The summed E-state index contributed by atoms with van der Waals surface area (Å²) in [5, 5.41) is 1.54. The molecule has 1 rings (SSSR count). The van der Waals surface area contributed by atoms with Gasteiger partial charge in [0.1, 0.15) is 9.99 Å². The van der Waals surface area contributed by atoms with Crippen LogP contribution in [-0.2, 0) is 16.5 Å². The molecule has 0 heterocycles. The van der Waals surface area contributed by atoms with E-state index in [4.69, 9.17) is 0 Å². The summed E-state index contributed by atoms with van der Waals surface area (Å²) < 4.78 is 24.6. The van der Waals surface area contributed by atoms with E-state index in [1.54, 1.807) is 0 Å². The Morgan fingerprint density at radius 3 is 2.13 bits per heavy atom. The van der Waals surface area contributed by atoms with E-state index in [9.17, 15) is 8.76 Å². The van der Waals surface area contributed by atoms with Crippen LogP contribution in [0.3, 0.4) is 0 Å². The summed E-state index contributed by atoms with van der Waals surface area (Å²) in [4.78, 5) is 0. The molecule has 1 aromatic rings. The molecule has 1 aromatic carbocycles. The molecule has 0 aliphatic heterocycles. The minimum absolute atomic E-state index is 0.421. The molecule has 0 spiro atoms. The smallest absolute Gasteiger partial charge is 0.141 e. The van der Waals surface area contributed by atoms with Crippen molar-refractivity contribution in [3.8, 4) is 0 Å². The third kappa shape index (κ3) is 11.4. The van der Waals surface area contributed by atoms with Gasteiger partial charge in [-0.1, -0.05) is 88.6 Å². The predicted octanol–water partition coefficient (Wildman–Crippen LogP) is 5.17. The Hall–Kier alpha value is -0.840. The van der Waals surface area contributed by atoms with Crippen LogP contribution in [0.15, 0.2) is 30.3 Å². The Labute approximate surface area is 142 Å². The molecule has 1 unspecified atom stereocenters. The largest absolute Gasteiger partial charge is 0.302 e. The fraction of sp³-hybridized carbons (Fsp3) is 0.632. The highest BCUT2D eigenvalue weighted by molar-refractivity contribution is 7.94. The molecule has 0 amide bonds. The molecule has 0 bridgehead atoms. The topological polar surface area (TPSA) is 49.3 Å².